The molecule has 1 unspecified atom stereocenters. The molecule has 0 aromatic heterocycles. The Kier molecular flexibility index (Phi) is 3.85. The third-order valence-electron chi connectivity index (χ3n) is 4.24. The predicted octanol–water partition coefficient (Wildman–Crippen LogP) is 1.90. The van der Waals surface area contributed by atoms with Crippen molar-refractivity contribution in [2.75, 3.05) is 6.54 Å². The summed E-state index contributed by atoms with van der Waals surface area (Å²) in [5, 5.41) is 0. The Morgan fingerprint density at radius 3 is 2.44 bits per heavy atom. The maximum absolute atomic E-state index is 11.8. The molecular weight excluding hydrogens is 200 g/mol. The average Bonchev–Trinajstić information content (AvgIpc) is 2.62. The van der Waals surface area contributed by atoms with Gasteiger partial charge in [0.05, 0.1) is 6.04 Å². The predicted molar refractivity (Wildman–Crippen MR) is 65.0 cm³/mol. The van der Waals surface area contributed by atoms with E-state index in [1.807, 2.05) is 4.90 Å². The van der Waals surface area contributed by atoms with Gasteiger partial charge in [0.1, 0.15) is 0 Å². The number of hydrogen-bond donors (Lipinski definition) is 1. The highest BCUT2D eigenvalue weighted by Crippen LogP contribution is 2.31. The topological polar surface area (TPSA) is 46.3 Å². The number of nitrogens with zero attached hydrogens (tertiary/aromatic N) is 1. The minimum atomic E-state index is -0.214. The molecule has 0 spiro atoms. The van der Waals surface area contributed by atoms with Gasteiger partial charge in [-0.05, 0) is 38.0 Å². The standard InChI is InChI=1S/C13H24N2O/c1-2-3-10-4-6-11(7-5-10)15-9-8-12(14)13(15)16/h10-12H,2-9,14H2,1H3. The first kappa shape index (κ1) is 11.9. The molecule has 1 atom stereocenters. The molecule has 1 aliphatic heterocycles. The maximum atomic E-state index is 11.8. The van der Waals surface area contributed by atoms with Gasteiger partial charge in [-0.3, -0.25) is 4.79 Å². The zero-order chi connectivity index (χ0) is 11.5. The lowest BCUT2D eigenvalue weighted by molar-refractivity contribution is -0.131. The summed E-state index contributed by atoms with van der Waals surface area (Å²) in [6.45, 7) is 3.15. The van der Waals surface area contributed by atoms with Gasteiger partial charge in [0.2, 0.25) is 5.91 Å². The van der Waals surface area contributed by atoms with E-state index in [4.69, 9.17) is 5.73 Å². The molecule has 1 saturated heterocycles. The summed E-state index contributed by atoms with van der Waals surface area (Å²) in [5.74, 6) is 1.10. The van der Waals surface area contributed by atoms with Gasteiger partial charge < -0.3 is 10.6 Å². The van der Waals surface area contributed by atoms with E-state index in [0.29, 0.717) is 6.04 Å². The molecule has 1 aliphatic carbocycles. The zero-order valence-corrected chi connectivity index (χ0v) is 10.3. The van der Waals surface area contributed by atoms with Crippen LogP contribution in [0.15, 0.2) is 0 Å². The lowest BCUT2D eigenvalue weighted by Gasteiger charge is -2.34. The van der Waals surface area contributed by atoms with Crippen molar-refractivity contribution in [3.63, 3.8) is 0 Å². The summed E-state index contributed by atoms with van der Waals surface area (Å²) in [7, 11) is 0. The van der Waals surface area contributed by atoms with Crippen LogP contribution in [0.4, 0.5) is 0 Å². The van der Waals surface area contributed by atoms with Gasteiger partial charge in [0.15, 0.2) is 0 Å². The Hall–Kier alpha value is -0.570. The molecule has 0 bridgehead atoms. The van der Waals surface area contributed by atoms with Crippen molar-refractivity contribution >= 4 is 5.91 Å². The van der Waals surface area contributed by atoms with E-state index in [1.165, 1.54) is 38.5 Å². The van der Waals surface area contributed by atoms with Gasteiger partial charge in [0, 0.05) is 12.6 Å². The molecule has 1 heterocycles. The van der Waals surface area contributed by atoms with Crippen LogP contribution in [0, 0.1) is 5.92 Å². The molecule has 1 saturated carbocycles. The zero-order valence-electron chi connectivity index (χ0n) is 10.3. The Labute approximate surface area is 98.4 Å². The smallest absolute Gasteiger partial charge is 0.239 e. The number of carbonyl (C=O) groups is 1. The first-order chi connectivity index (χ1) is 7.72. The molecule has 3 heteroatoms. The fourth-order valence-electron chi connectivity index (χ4n) is 3.24. The second-order valence-corrected chi connectivity index (χ2v) is 5.39. The quantitative estimate of drug-likeness (QED) is 0.796. The van der Waals surface area contributed by atoms with Crippen LogP contribution in [0.25, 0.3) is 0 Å². The Bertz CT molecular complexity index is 246. The highest BCUT2D eigenvalue weighted by Gasteiger charge is 2.35. The summed E-state index contributed by atoms with van der Waals surface area (Å²) in [6.07, 6.45) is 8.51. The van der Waals surface area contributed by atoms with Crippen LogP contribution >= 0.6 is 0 Å². The Morgan fingerprint density at radius 2 is 1.94 bits per heavy atom. The van der Waals surface area contributed by atoms with E-state index in [2.05, 4.69) is 6.92 Å². The van der Waals surface area contributed by atoms with Crippen molar-refractivity contribution in [1.82, 2.24) is 4.90 Å². The monoisotopic (exact) mass is 224 g/mol. The van der Waals surface area contributed by atoms with Crippen LogP contribution in [-0.2, 0) is 4.79 Å². The van der Waals surface area contributed by atoms with E-state index >= 15 is 0 Å². The molecule has 0 aromatic rings. The minimum Gasteiger partial charge on any atom is -0.338 e. The lowest BCUT2D eigenvalue weighted by Crippen LogP contribution is -2.42. The van der Waals surface area contributed by atoms with Gasteiger partial charge in [-0.2, -0.15) is 0 Å². The molecule has 1 amide bonds. The fraction of sp³-hybridized carbons (Fsp3) is 0.923. The minimum absolute atomic E-state index is 0.193. The third-order valence-corrected chi connectivity index (χ3v) is 4.24. The summed E-state index contributed by atoms with van der Waals surface area (Å²) < 4.78 is 0. The van der Waals surface area contributed by atoms with Crippen LogP contribution in [0.1, 0.15) is 51.9 Å². The van der Waals surface area contributed by atoms with E-state index in [1.54, 1.807) is 0 Å². The molecule has 2 rings (SSSR count). The van der Waals surface area contributed by atoms with Gasteiger partial charge in [-0.15, -0.1) is 0 Å². The number of rotatable bonds is 3. The van der Waals surface area contributed by atoms with E-state index in [9.17, 15) is 4.79 Å². The van der Waals surface area contributed by atoms with E-state index in [-0.39, 0.29) is 11.9 Å². The van der Waals surface area contributed by atoms with Gasteiger partial charge in [0.25, 0.3) is 0 Å². The molecule has 16 heavy (non-hydrogen) atoms. The molecule has 0 radical (unpaired) electrons. The number of carbonyl (C=O) groups excluding carboxylic acids is 1. The van der Waals surface area contributed by atoms with Crippen LogP contribution in [-0.4, -0.2) is 29.4 Å². The number of hydrogen-bond acceptors (Lipinski definition) is 2. The fourth-order valence-corrected chi connectivity index (χ4v) is 3.24. The summed E-state index contributed by atoms with van der Waals surface area (Å²) in [6, 6.07) is 0.280. The molecule has 3 nitrogen and oxygen atoms in total. The third kappa shape index (κ3) is 2.40. The molecule has 0 aromatic carbocycles. The van der Waals surface area contributed by atoms with Crippen molar-refractivity contribution in [1.29, 1.82) is 0 Å². The number of amides is 1. The average molecular weight is 224 g/mol. The molecule has 2 fully saturated rings. The van der Waals surface area contributed by atoms with Crippen molar-refractivity contribution in [3.05, 3.63) is 0 Å². The Balaban J connectivity index is 1.83. The molecule has 2 aliphatic rings. The Morgan fingerprint density at radius 1 is 1.25 bits per heavy atom. The molecule has 92 valence electrons. The van der Waals surface area contributed by atoms with Crippen molar-refractivity contribution in [2.24, 2.45) is 11.7 Å². The maximum Gasteiger partial charge on any atom is 0.239 e. The second-order valence-electron chi connectivity index (χ2n) is 5.39. The summed E-state index contributed by atoms with van der Waals surface area (Å²) >= 11 is 0. The van der Waals surface area contributed by atoms with Crippen molar-refractivity contribution in [3.8, 4) is 0 Å². The highest BCUT2D eigenvalue weighted by atomic mass is 16.2. The number of likely N-dealkylation sites (tertiary alicyclic amines) is 1. The highest BCUT2D eigenvalue weighted by molar-refractivity contribution is 5.84. The second kappa shape index (κ2) is 5.17. The van der Waals surface area contributed by atoms with Crippen LogP contribution < -0.4 is 5.73 Å². The lowest BCUT2D eigenvalue weighted by atomic mass is 9.83. The van der Waals surface area contributed by atoms with E-state index < -0.39 is 0 Å². The van der Waals surface area contributed by atoms with E-state index in [0.717, 1.165) is 18.9 Å². The number of nitrogens with two attached hydrogens (primary N) is 1. The van der Waals surface area contributed by atoms with Crippen LogP contribution in [0.5, 0.6) is 0 Å². The first-order valence-corrected chi connectivity index (χ1v) is 6.78. The SMILES string of the molecule is CCCC1CCC(N2CCC(N)C2=O)CC1. The van der Waals surface area contributed by atoms with Gasteiger partial charge in [-0.1, -0.05) is 19.8 Å². The summed E-state index contributed by atoms with van der Waals surface area (Å²) in [4.78, 5) is 13.9. The largest absolute Gasteiger partial charge is 0.338 e. The van der Waals surface area contributed by atoms with Crippen LogP contribution in [0.2, 0.25) is 0 Å². The first-order valence-electron chi connectivity index (χ1n) is 6.78. The van der Waals surface area contributed by atoms with Crippen molar-refractivity contribution < 1.29 is 4.79 Å². The van der Waals surface area contributed by atoms with Crippen LogP contribution in [0.3, 0.4) is 0 Å². The molecule has 2 N–H and O–H groups in total. The normalized spacial score (nSPS) is 35.8. The van der Waals surface area contributed by atoms with Gasteiger partial charge >= 0.3 is 0 Å². The van der Waals surface area contributed by atoms with Crippen molar-refractivity contribution in [2.45, 2.75) is 64.0 Å². The summed E-state index contributed by atoms with van der Waals surface area (Å²) in [5.41, 5.74) is 5.76. The molecular formula is C13H24N2O. The van der Waals surface area contributed by atoms with Gasteiger partial charge in [-0.25, -0.2) is 0 Å².